The van der Waals surface area contributed by atoms with Crippen molar-refractivity contribution in [2.24, 2.45) is 17.1 Å². The third kappa shape index (κ3) is 2.26. The normalized spacial score (nSPS) is 23.9. The van der Waals surface area contributed by atoms with Gasteiger partial charge in [0.25, 0.3) is 0 Å². The first kappa shape index (κ1) is 13.6. The van der Waals surface area contributed by atoms with Crippen molar-refractivity contribution < 1.29 is 0 Å². The molecule has 1 heterocycles. The van der Waals surface area contributed by atoms with Crippen LogP contribution in [0.15, 0.2) is 28.1 Å². The molecule has 0 saturated heterocycles. The number of halogens is 1. The fourth-order valence-electron chi connectivity index (χ4n) is 3.54. The number of benzene rings is 1. The lowest BCUT2D eigenvalue weighted by molar-refractivity contribution is 0.223. The van der Waals surface area contributed by atoms with E-state index in [-0.39, 0.29) is 6.04 Å². The van der Waals surface area contributed by atoms with Crippen molar-refractivity contribution in [3.63, 3.8) is 0 Å². The second-order valence-corrected chi connectivity index (χ2v) is 8.05. The zero-order valence-electron chi connectivity index (χ0n) is 11.4. The highest BCUT2D eigenvalue weighted by Gasteiger charge is 2.39. The van der Waals surface area contributed by atoms with E-state index in [9.17, 15) is 0 Å². The first-order valence-corrected chi connectivity index (χ1v) is 8.59. The van der Waals surface area contributed by atoms with Crippen LogP contribution in [0.2, 0.25) is 0 Å². The molecule has 0 amide bonds. The van der Waals surface area contributed by atoms with Crippen LogP contribution in [0.3, 0.4) is 0 Å². The molecule has 0 bridgehead atoms. The van der Waals surface area contributed by atoms with Gasteiger partial charge in [-0.25, -0.2) is 0 Å². The van der Waals surface area contributed by atoms with Gasteiger partial charge in [-0.1, -0.05) is 32.4 Å². The van der Waals surface area contributed by atoms with Gasteiger partial charge in [-0.15, -0.1) is 11.3 Å². The first-order chi connectivity index (χ1) is 9.00. The number of rotatable bonds is 2. The second kappa shape index (κ2) is 4.87. The molecule has 1 aromatic heterocycles. The topological polar surface area (TPSA) is 26.0 Å². The van der Waals surface area contributed by atoms with Crippen molar-refractivity contribution in [1.82, 2.24) is 0 Å². The number of fused-ring (bicyclic) bond motifs is 1. The van der Waals surface area contributed by atoms with Crippen LogP contribution in [-0.4, -0.2) is 0 Å². The molecule has 1 nitrogen and oxygen atoms in total. The SMILES string of the molecule is CC1(C)CCCC1C(N)c1csc2c(Br)cccc12. The highest BCUT2D eigenvalue weighted by atomic mass is 79.9. The maximum Gasteiger partial charge on any atom is 0.0488 e. The van der Waals surface area contributed by atoms with Crippen molar-refractivity contribution in [2.45, 2.75) is 39.2 Å². The Morgan fingerprint density at radius 2 is 2.21 bits per heavy atom. The molecule has 1 aromatic carbocycles. The van der Waals surface area contributed by atoms with Crippen LogP contribution in [0.5, 0.6) is 0 Å². The predicted molar refractivity (Wildman–Crippen MR) is 87.6 cm³/mol. The van der Waals surface area contributed by atoms with E-state index < -0.39 is 0 Å². The lowest BCUT2D eigenvalue weighted by atomic mass is 9.76. The van der Waals surface area contributed by atoms with E-state index in [0.717, 1.165) is 0 Å². The van der Waals surface area contributed by atoms with Crippen molar-refractivity contribution in [2.75, 3.05) is 0 Å². The molecule has 2 unspecified atom stereocenters. The standard InChI is InChI=1S/C16H20BrNS/c1-16(2)8-4-6-12(16)14(18)11-9-19-15-10(11)5-3-7-13(15)17/h3,5,7,9,12,14H,4,6,8,18H2,1-2H3. The van der Waals surface area contributed by atoms with E-state index in [1.807, 2.05) is 0 Å². The molecule has 2 aromatic rings. The molecule has 0 radical (unpaired) electrons. The zero-order valence-corrected chi connectivity index (χ0v) is 13.9. The average Bonchev–Trinajstić information content (AvgIpc) is 2.92. The molecule has 1 fully saturated rings. The van der Waals surface area contributed by atoms with E-state index in [4.69, 9.17) is 5.73 Å². The van der Waals surface area contributed by atoms with Crippen LogP contribution in [0.4, 0.5) is 0 Å². The summed E-state index contributed by atoms with van der Waals surface area (Å²) < 4.78 is 2.50. The van der Waals surface area contributed by atoms with Crippen LogP contribution in [0.1, 0.15) is 44.7 Å². The van der Waals surface area contributed by atoms with Crippen LogP contribution < -0.4 is 5.73 Å². The minimum Gasteiger partial charge on any atom is -0.324 e. The molecular formula is C16H20BrNS. The van der Waals surface area contributed by atoms with Crippen molar-refractivity contribution in [3.05, 3.63) is 33.6 Å². The Kier molecular flexibility index (Phi) is 3.48. The average molecular weight is 338 g/mol. The van der Waals surface area contributed by atoms with Gasteiger partial charge in [0.1, 0.15) is 0 Å². The zero-order chi connectivity index (χ0) is 13.6. The van der Waals surface area contributed by atoms with Crippen LogP contribution in [0.25, 0.3) is 10.1 Å². The van der Waals surface area contributed by atoms with Crippen LogP contribution in [0, 0.1) is 11.3 Å². The Morgan fingerprint density at radius 1 is 1.42 bits per heavy atom. The fraction of sp³-hybridized carbons (Fsp3) is 0.500. The lowest BCUT2D eigenvalue weighted by Crippen LogP contribution is -2.29. The number of hydrogen-bond donors (Lipinski definition) is 1. The van der Waals surface area contributed by atoms with Gasteiger partial charge in [0.05, 0.1) is 0 Å². The Morgan fingerprint density at radius 3 is 2.89 bits per heavy atom. The summed E-state index contributed by atoms with van der Waals surface area (Å²) in [4.78, 5) is 0. The highest BCUT2D eigenvalue weighted by Crippen LogP contribution is 2.49. The third-order valence-corrected chi connectivity index (χ3v) is 6.68. The third-order valence-electron chi connectivity index (χ3n) is 4.71. The Balaban J connectivity index is 2.03. The van der Waals surface area contributed by atoms with Crippen molar-refractivity contribution >= 4 is 37.4 Å². The Bertz CT molecular complexity index is 602. The summed E-state index contributed by atoms with van der Waals surface area (Å²) in [6.07, 6.45) is 3.88. The second-order valence-electron chi connectivity index (χ2n) is 6.32. The Hall–Kier alpha value is -0.380. The smallest absolute Gasteiger partial charge is 0.0488 e. The van der Waals surface area contributed by atoms with Gasteiger partial charge in [-0.3, -0.25) is 0 Å². The Labute approximate surface area is 127 Å². The van der Waals surface area contributed by atoms with Gasteiger partial charge in [0.15, 0.2) is 0 Å². The van der Waals surface area contributed by atoms with Gasteiger partial charge >= 0.3 is 0 Å². The quantitative estimate of drug-likeness (QED) is 0.770. The van der Waals surface area contributed by atoms with E-state index >= 15 is 0 Å². The maximum absolute atomic E-state index is 6.63. The minimum atomic E-state index is 0.167. The van der Waals surface area contributed by atoms with Gasteiger partial charge in [0.2, 0.25) is 0 Å². The monoisotopic (exact) mass is 337 g/mol. The summed E-state index contributed by atoms with van der Waals surface area (Å²) >= 11 is 5.44. The molecule has 1 saturated carbocycles. The summed E-state index contributed by atoms with van der Waals surface area (Å²) in [5.41, 5.74) is 8.34. The van der Waals surface area contributed by atoms with Gasteiger partial charge in [0, 0.05) is 15.2 Å². The van der Waals surface area contributed by atoms with Gasteiger partial charge in [-0.05, 0) is 62.5 Å². The molecule has 0 aliphatic heterocycles. The fourth-order valence-corrected chi connectivity index (χ4v) is 5.21. The molecule has 1 aliphatic carbocycles. The lowest BCUT2D eigenvalue weighted by Gasteiger charge is -2.32. The summed E-state index contributed by atoms with van der Waals surface area (Å²) in [7, 11) is 0. The van der Waals surface area contributed by atoms with Gasteiger partial charge < -0.3 is 5.73 Å². The maximum atomic E-state index is 6.63. The largest absolute Gasteiger partial charge is 0.324 e. The minimum absolute atomic E-state index is 0.167. The number of thiophene rings is 1. The highest BCUT2D eigenvalue weighted by molar-refractivity contribution is 9.10. The molecule has 19 heavy (non-hydrogen) atoms. The summed E-state index contributed by atoms with van der Waals surface area (Å²) in [6.45, 7) is 4.74. The summed E-state index contributed by atoms with van der Waals surface area (Å²) in [5.74, 6) is 0.601. The van der Waals surface area contributed by atoms with Crippen molar-refractivity contribution in [1.29, 1.82) is 0 Å². The van der Waals surface area contributed by atoms with Gasteiger partial charge in [-0.2, -0.15) is 0 Å². The molecule has 3 rings (SSSR count). The number of hydrogen-bond acceptors (Lipinski definition) is 2. The molecule has 2 atom stereocenters. The molecule has 2 N–H and O–H groups in total. The number of nitrogens with two attached hydrogens (primary N) is 1. The molecule has 3 heteroatoms. The summed E-state index contributed by atoms with van der Waals surface area (Å²) in [5, 5.41) is 3.59. The van der Waals surface area contributed by atoms with E-state index in [2.05, 4.69) is 53.4 Å². The molecular weight excluding hydrogens is 318 g/mol. The van der Waals surface area contributed by atoms with Crippen molar-refractivity contribution in [3.8, 4) is 0 Å². The molecule has 1 aliphatic rings. The van der Waals surface area contributed by atoms with E-state index in [1.165, 1.54) is 39.4 Å². The van der Waals surface area contributed by atoms with Crippen LogP contribution >= 0.6 is 27.3 Å². The predicted octanol–water partition coefficient (Wildman–Crippen LogP) is 5.49. The van der Waals surface area contributed by atoms with E-state index in [0.29, 0.717) is 11.3 Å². The van der Waals surface area contributed by atoms with Crippen LogP contribution in [-0.2, 0) is 0 Å². The van der Waals surface area contributed by atoms with E-state index in [1.54, 1.807) is 11.3 Å². The molecule has 0 spiro atoms. The first-order valence-electron chi connectivity index (χ1n) is 6.92. The summed E-state index contributed by atoms with van der Waals surface area (Å²) in [6, 6.07) is 6.58. The molecule has 102 valence electrons.